The highest BCUT2D eigenvalue weighted by atomic mass is 16.5. The number of nitrogens with one attached hydrogen (secondary N) is 1. The second kappa shape index (κ2) is 6.47. The first-order chi connectivity index (χ1) is 10.6. The topological polar surface area (TPSA) is 33.7 Å². The Labute approximate surface area is 133 Å². The highest BCUT2D eigenvalue weighted by Gasteiger charge is 2.35. The van der Waals surface area contributed by atoms with Crippen molar-refractivity contribution in [3.8, 4) is 11.5 Å². The lowest BCUT2D eigenvalue weighted by Gasteiger charge is -2.33. The van der Waals surface area contributed by atoms with Gasteiger partial charge in [0.15, 0.2) is 11.5 Å². The highest BCUT2D eigenvalue weighted by molar-refractivity contribution is 5.44. The van der Waals surface area contributed by atoms with Gasteiger partial charge in [0.25, 0.3) is 0 Å². The van der Waals surface area contributed by atoms with Gasteiger partial charge in [-0.15, -0.1) is 0 Å². The van der Waals surface area contributed by atoms with E-state index in [0.717, 1.165) is 24.6 Å². The fraction of sp³-hybridized carbons (Fsp3) is 0.667. The summed E-state index contributed by atoms with van der Waals surface area (Å²) in [6, 6.07) is 6.89. The largest absolute Gasteiger partial charge is 0.493 e. The van der Waals surface area contributed by atoms with E-state index in [1.807, 2.05) is 6.07 Å². The Morgan fingerprint density at radius 3 is 2.77 bits per heavy atom. The molecule has 4 nitrogen and oxygen atoms in total. The van der Waals surface area contributed by atoms with Gasteiger partial charge in [-0.05, 0) is 55.5 Å². The maximum atomic E-state index is 5.47. The maximum Gasteiger partial charge on any atom is 0.161 e. The average Bonchev–Trinajstić information content (AvgIpc) is 3.16. The number of ether oxygens (including phenoxy) is 2. The molecular weight excluding hydrogens is 276 g/mol. The molecule has 0 bridgehead atoms. The van der Waals surface area contributed by atoms with Crippen LogP contribution in [0.2, 0.25) is 0 Å². The molecule has 3 rings (SSSR count). The first-order valence-corrected chi connectivity index (χ1v) is 8.32. The van der Waals surface area contributed by atoms with Crippen molar-refractivity contribution in [3.63, 3.8) is 0 Å². The van der Waals surface area contributed by atoms with E-state index >= 15 is 0 Å². The molecule has 1 N–H and O–H groups in total. The second-order valence-electron chi connectivity index (χ2n) is 6.98. The van der Waals surface area contributed by atoms with Gasteiger partial charge in [-0.25, -0.2) is 0 Å². The van der Waals surface area contributed by atoms with E-state index < -0.39 is 0 Å². The summed E-state index contributed by atoms with van der Waals surface area (Å²) >= 11 is 0. The Bertz CT molecular complexity index is 512. The molecule has 4 heteroatoms. The number of rotatable bonds is 5. The molecule has 0 amide bonds. The highest BCUT2D eigenvalue weighted by Crippen LogP contribution is 2.39. The van der Waals surface area contributed by atoms with Gasteiger partial charge in [0.05, 0.1) is 14.2 Å². The second-order valence-corrected chi connectivity index (χ2v) is 6.98. The molecule has 2 fully saturated rings. The number of benzene rings is 1. The van der Waals surface area contributed by atoms with Crippen LogP contribution >= 0.6 is 0 Å². The molecule has 2 atom stereocenters. The van der Waals surface area contributed by atoms with Crippen molar-refractivity contribution < 1.29 is 9.47 Å². The van der Waals surface area contributed by atoms with Gasteiger partial charge in [-0.1, -0.05) is 13.0 Å². The Morgan fingerprint density at radius 1 is 1.27 bits per heavy atom. The van der Waals surface area contributed by atoms with E-state index in [1.54, 1.807) is 14.2 Å². The molecule has 0 spiro atoms. The molecule has 0 saturated carbocycles. The van der Waals surface area contributed by atoms with Gasteiger partial charge in [0.1, 0.15) is 0 Å². The van der Waals surface area contributed by atoms with Crippen LogP contribution in [-0.2, 0) is 0 Å². The first kappa shape index (κ1) is 15.6. The third kappa shape index (κ3) is 3.08. The smallest absolute Gasteiger partial charge is 0.161 e. The average molecular weight is 304 g/mol. The Balaban J connectivity index is 1.77. The molecule has 0 radical (unpaired) electrons. The van der Waals surface area contributed by atoms with Crippen LogP contribution in [0.25, 0.3) is 0 Å². The Hall–Kier alpha value is -1.26. The zero-order valence-corrected chi connectivity index (χ0v) is 14.0. The Morgan fingerprint density at radius 2 is 2.09 bits per heavy atom. The zero-order chi connectivity index (χ0) is 15.6. The summed E-state index contributed by atoms with van der Waals surface area (Å²) < 4.78 is 10.8. The minimum absolute atomic E-state index is 0.416. The van der Waals surface area contributed by atoms with Gasteiger partial charge in [-0.3, -0.25) is 4.90 Å². The molecule has 122 valence electrons. The van der Waals surface area contributed by atoms with Crippen LogP contribution in [0.3, 0.4) is 0 Å². The van der Waals surface area contributed by atoms with Crippen LogP contribution in [-0.4, -0.2) is 45.3 Å². The fourth-order valence-corrected chi connectivity index (χ4v) is 3.95. The van der Waals surface area contributed by atoms with Crippen molar-refractivity contribution >= 4 is 0 Å². The molecule has 1 aromatic rings. The standard InChI is InChI=1S/C18H28N2O2/c1-18(8-9-19-12-18)13-20-10-4-5-15(20)14-6-7-16(21-2)17(11-14)22-3/h6-7,11,15,19H,4-5,8-10,12-13H2,1-3H3. The van der Waals surface area contributed by atoms with Crippen molar-refractivity contribution in [2.24, 2.45) is 5.41 Å². The van der Waals surface area contributed by atoms with Gasteiger partial charge >= 0.3 is 0 Å². The molecular formula is C18H28N2O2. The van der Waals surface area contributed by atoms with Crippen LogP contribution in [0.4, 0.5) is 0 Å². The summed E-state index contributed by atoms with van der Waals surface area (Å²) in [6.07, 6.45) is 3.80. The lowest BCUT2D eigenvalue weighted by atomic mass is 9.88. The predicted octanol–water partition coefficient (Wildman–Crippen LogP) is 2.84. The molecule has 2 saturated heterocycles. The van der Waals surface area contributed by atoms with Crippen LogP contribution in [0.1, 0.15) is 37.8 Å². The van der Waals surface area contributed by atoms with Crippen LogP contribution in [0.15, 0.2) is 18.2 Å². The number of methoxy groups -OCH3 is 2. The molecule has 1 aromatic carbocycles. The van der Waals surface area contributed by atoms with Crippen LogP contribution < -0.4 is 14.8 Å². The summed E-state index contributed by atoms with van der Waals surface area (Å²) in [5.74, 6) is 1.64. The molecule has 2 unspecified atom stereocenters. The quantitative estimate of drug-likeness (QED) is 0.907. The first-order valence-electron chi connectivity index (χ1n) is 8.32. The van der Waals surface area contributed by atoms with E-state index in [9.17, 15) is 0 Å². The van der Waals surface area contributed by atoms with Crippen molar-refractivity contribution in [2.45, 2.75) is 32.2 Å². The van der Waals surface area contributed by atoms with Crippen molar-refractivity contribution in [3.05, 3.63) is 23.8 Å². The fourth-order valence-electron chi connectivity index (χ4n) is 3.95. The molecule has 2 aliphatic rings. The maximum absolute atomic E-state index is 5.47. The minimum atomic E-state index is 0.416. The van der Waals surface area contributed by atoms with E-state index in [-0.39, 0.29) is 0 Å². The van der Waals surface area contributed by atoms with Crippen LogP contribution in [0.5, 0.6) is 11.5 Å². The predicted molar refractivity (Wildman–Crippen MR) is 88.7 cm³/mol. The van der Waals surface area contributed by atoms with E-state index in [0.29, 0.717) is 11.5 Å². The molecule has 22 heavy (non-hydrogen) atoms. The number of nitrogens with zero attached hydrogens (tertiary/aromatic N) is 1. The van der Waals surface area contributed by atoms with E-state index in [4.69, 9.17) is 9.47 Å². The van der Waals surface area contributed by atoms with Crippen molar-refractivity contribution in [2.75, 3.05) is 40.4 Å². The Kier molecular flexibility index (Phi) is 4.59. The molecule has 0 aromatic heterocycles. The van der Waals surface area contributed by atoms with Crippen molar-refractivity contribution in [1.29, 1.82) is 0 Å². The number of hydrogen-bond donors (Lipinski definition) is 1. The van der Waals surface area contributed by atoms with Crippen LogP contribution in [0, 0.1) is 5.41 Å². The SMILES string of the molecule is COc1ccc(C2CCCN2CC2(C)CCNC2)cc1OC. The summed E-state index contributed by atoms with van der Waals surface area (Å²) in [4.78, 5) is 2.66. The third-order valence-corrected chi connectivity index (χ3v) is 5.20. The minimum Gasteiger partial charge on any atom is -0.493 e. The number of likely N-dealkylation sites (tertiary alicyclic amines) is 1. The summed E-state index contributed by atoms with van der Waals surface area (Å²) in [6.45, 7) is 7.10. The summed E-state index contributed by atoms with van der Waals surface area (Å²) in [5.41, 5.74) is 1.77. The molecule has 0 aliphatic carbocycles. The number of hydrogen-bond acceptors (Lipinski definition) is 4. The van der Waals surface area contributed by atoms with Gasteiger partial charge in [-0.2, -0.15) is 0 Å². The molecule has 2 heterocycles. The molecule has 2 aliphatic heterocycles. The normalized spacial score (nSPS) is 29.0. The van der Waals surface area contributed by atoms with E-state index in [1.165, 1.54) is 37.9 Å². The summed E-state index contributed by atoms with van der Waals surface area (Å²) in [7, 11) is 3.40. The van der Waals surface area contributed by atoms with Gasteiger partial charge < -0.3 is 14.8 Å². The summed E-state index contributed by atoms with van der Waals surface area (Å²) in [5, 5.41) is 3.51. The lowest BCUT2D eigenvalue weighted by Crippen LogP contribution is -2.37. The monoisotopic (exact) mass is 304 g/mol. The van der Waals surface area contributed by atoms with E-state index in [2.05, 4.69) is 29.3 Å². The van der Waals surface area contributed by atoms with Crippen molar-refractivity contribution in [1.82, 2.24) is 10.2 Å². The zero-order valence-electron chi connectivity index (χ0n) is 14.0. The lowest BCUT2D eigenvalue weighted by molar-refractivity contribution is 0.165. The van der Waals surface area contributed by atoms with Gasteiger partial charge in [0, 0.05) is 19.1 Å². The van der Waals surface area contributed by atoms with Gasteiger partial charge in [0.2, 0.25) is 0 Å². The third-order valence-electron chi connectivity index (χ3n) is 5.20.